The molecule has 6 nitrogen and oxygen atoms in total. The maximum absolute atomic E-state index is 12.9. The van der Waals surface area contributed by atoms with Crippen LogP contribution in [0.4, 0.5) is 10.4 Å². The Morgan fingerprint density at radius 3 is 2.75 bits per heavy atom. The van der Waals surface area contributed by atoms with Crippen LogP contribution in [-0.4, -0.2) is 29.2 Å². The van der Waals surface area contributed by atoms with Gasteiger partial charge in [0, 0.05) is 18.5 Å². The minimum atomic E-state index is -0.339. The highest BCUT2D eigenvalue weighted by Gasteiger charge is 2.33. The molecule has 1 aromatic heterocycles. The van der Waals surface area contributed by atoms with Crippen molar-refractivity contribution in [2.75, 3.05) is 18.0 Å². The summed E-state index contributed by atoms with van der Waals surface area (Å²) in [4.78, 5) is 13.3. The Hall–Kier alpha value is -2.28. The van der Waals surface area contributed by atoms with Gasteiger partial charge in [-0.2, -0.15) is 0 Å². The third kappa shape index (κ3) is 2.27. The SMILES string of the molecule is NCC1CC(=O)N(c2nnc(-c3ccc(F)cc3)o2)C1. The zero-order chi connectivity index (χ0) is 14.1. The second kappa shape index (κ2) is 5.01. The fourth-order valence-corrected chi connectivity index (χ4v) is 2.16. The van der Waals surface area contributed by atoms with Gasteiger partial charge in [-0.3, -0.25) is 9.69 Å². The molecule has 3 rings (SSSR count). The van der Waals surface area contributed by atoms with Gasteiger partial charge in [0.15, 0.2) is 0 Å². The van der Waals surface area contributed by atoms with Crippen molar-refractivity contribution in [1.29, 1.82) is 0 Å². The standard InChI is InChI=1S/C13H13FN4O2/c14-10-3-1-9(2-4-10)12-16-17-13(20-12)18-7-8(6-15)5-11(18)19/h1-4,8H,5-7,15H2. The third-order valence-corrected chi connectivity index (χ3v) is 3.27. The molecular weight excluding hydrogens is 263 g/mol. The van der Waals surface area contributed by atoms with E-state index in [2.05, 4.69) is 10.2 Å². The molecule has 0 radical (unpaired) electrons. The molecule has 0 spiro atoms. The van der Waals surface area contributed by atoms with Crippen LogP contribution in [0.15, 0.2) is 28.7 Å². The quantitative estimate of drug-likeness (QED) is 0.910. The second-order valence-electron chi connectivity index (χ2n) is 4.71. The second-order valence-corrected chi connectivity index (χ2v) is 4.71. The van der Waals surface area contributed by atoms with E-state index < -0.39 is 0 Å². The van der Waals surface area contributed by atoms with Crippen LogP contribution in [-0.2, 0) is 4.79 Å². The molecule has 1 saturated heterocycles. The third-order valence-electron chi connectivity index (χ3n) is 3.27. The van der Waals surface area contributed by atoms with Gasteiger partial charge in [0.1, 0.15) is 5.82 Å². The minimum absolute atomic E-state index is 0.0743. The highest BCUT2D eigenvalue weighted by atomic mass is 19.1. The van der Waals surface area contributed by atoms with Gasteiger partial charge in [0.25, 0.3) is 0 Å². The first kappa shape index (κ1) is 12.7. The number of nitrogens with two attached hydrogens (primary N) is 1. The molecule has 0 bridgehead atoms. The Morgan fingerprint density at radius 2 is 2.10 bits per heavy atom. The van der Waals surface area contributed by atoms with Crippen molar-refractivity contribution in [1.82, 2.24) is 10.2 Å². The Kier molecular flexibility index (Phi) is 3.19. The van der Waals surface area contributed by atoms with Gasteiger partial charge < -0.3 is 10.2 Å². The molecule has 2 aromatic rings. The Bertz CT molecular complexity index is 626. The number of aromatic nitrogens is 2. The van der Waals surface area contributed by atoms with Crippen LogP contribution in [0.3, 0.4) is 0 Å². The molecule has 20 heavy (non-hydrogen) atoms. The van der Waals surface area contributed by atoms with E-state index >= 15 is 0 Å². The summed E-state index contributed by atoms with van der Waals surface area (Å²) in [6.45, 7) is 0.932. The number of halogens is 1. The van der Waals surface area contributed by atoms with E-state index in [0.29, 0.717) is 25.1 Å². The molecule has 7 heteroatoms. The number of anilines is 1. The smallest absolute Gasteiger partial charge is 0.325 e. The number of hydrogen-bond donors (Lipinski definition) is 1. The molecule has 1 aromatic carbocycles. The van der Waals surface area contributed by atoms with Gasteiger partial charge in [-0.25, -0.2) is 4.39 Å². The highest BCUT2D eigenvalue weighted by molar-refractivity contribution is 5.93. The summed E-state index contributed by atoms with van der Waals surface area (Å²) in [6.07, 6.45) is 0.394. The summed E-state index contributed by atoms with van der Waals surface area (Å²) in [5.41, 5.74) is 6.17. The van der Waals surface area contributed by atoms with Gasteiger partial charge in [0.05, 0.1) is 0 Å². The van der Waals surface area contributed by atoms with Crippen LogP contribution >= 0.6 is 0 Å². The summed E-state index contributed by atoms with van der Waals surface area (Å²) in [5.74, 6) is -0.0450. The summed E-state index contributed by atoms with van der Waals surface area (Å²) in [6, 6.07) is 5.86. The van der Waals surface area contributed by atoms with Crippen LogP contribution in [0.1, 0.15) is 6.42 Å². The molecule has 1 fully saturated rings. The predicted octanol–water partition coefficient (Wildman–Crippen LogP) is 1.19. The summed E-state index contributed by atoms with van der Waals surface area (Å²) >= 11 is 0. The number of carbonyl (C=O) groups excluding carboxylic acids is 1. The molecule has 2 heterocycles. The summed E-state index contributed by atoms with van der Waals surface area (Å²) < 4.78 is 18.3. The zero-order valence-electron chi connectivity index (χ0n) is 10.6. The average molecular weight is 276 g/mol. The van der Waals surface area contributed by atoms with Crippen LogP contribution in [0, 0.1) is 11.7 Å². The maximum atomic E-state index is 12.9. The molecule has 1 atom stereocenters. The van der Waals surface area contributed by atoms with E-state index in [1.807, 2.05) is 0 Å². The average Bonchev–Trinajstić information content (AvgIpc) is 3.06. The number of hydrogen-bond acceptors (Lipinski definition) is 5. The minimum Gasteiger partial charge on any atom is -0.403 e. The lowest BCUT2D eigenvalue weighted by molar-refractivity contribution is -0.117. The summed E-state index contributed by atoms with van der Waals surface area (Å²) in [7, 11) is 0. The predicted molar refractivity (Wildman–Crippen MR) is 69.2 cm³/mol. The van der Waals surface area contributed by atoms with E-state index in [1.165, 1.54) is 17.0 Å². The number of amides is 1. The molecule has 0 saturated carbocycles. The normalized spacial score (nSPS) is 18.8. The molecule has 2 N–H and O–H groups in total. The monoisotopic (exact) mass is 276 g/mol. The molecule has 1 aliphatic rings. The van der Waals surface area contributed by atoms with Crippen molar-refractivity contribution < 1.29 is 13.6 Å². The van der Waals surface area contributed by atoms with Crippen molar-refractivity contribution >= 4 is 11.9 Å². The van der Waals surface area contributed by atoms with Crippen molar-refractivity contribution in [3.63, 3.8) is 0 Å². The van der Waals surface area contributed by atoms with E-state index in [1.54, 1.807) is 12.1 Å². The van der Waals surface area contributed by atoms with E-state index in [-0.39, 0.29) is 29.5 Å². The van der Waals surface area contributed by atoms with E-state index in [4.69, 9.17) is 10.2 Å². The van der Waals surface area contributed by atoms with Crippen LogP contribution in [0.5, 0.6) is 0 Å². The Morgan fingerprint density at radius 1 is 1.35 bits per heavy atom. The first-order valence-electron chi connectivity index (χ1n) is 6.27. The van der Waals surface area contributed by atoms with Gasteiger partial charge >= 0.3 is 6.01 Å². The van der Waals surface area contributed by atoms with Crippen LogP contribution in [0.2, 0.25) is 0 Å². The molecule has 1 amide bonds. The molecule has 1 aliphatic heterocycles. The first-order chi connectivity index (χ1) is 9.67. The van der Waals surface area contributed by atoms with Gasteiger partial charge in [-0.05, 0) is 36.7 Å². The van der Waals surface area contributed by atoms with Crippen molar-refractivity contribution in [2.45, 2.75) is 6.42 Å². The molecule has 104 valence electrons. The highest BCUT2D eigenvalue weighted by Crippen LogP contribution is 2.26. The number of nitrogens with zero attached hydrogens (tertiary/aromatic N) is 3. The summed E-state index contributed by atoms with van der Waals surface area (Å²) in [5, 5.41) is 7.75. The van der Waals surface area contributed by atoms with Crippen molar-refractivity contribution in [3.8, 4) is 11.5 Å². The Labute approximate surface area is 114 Å². The van der Waals surface area contributed by atoms with Crippen molar-refractivity contribution in [2.24, 2.45) is 11.7 Å². The number of rotatable bonds is 3. The Balaban J connectivity index is 1.83. The lowest BCUT2D eigenvalue weighted by atomic mass is 10.1. The number of benzene rings is 1. The molecular formula is C13H13FN4O2. The maximum Gasteiger partial charge on any atom is 0.325 e. The van der Waals surface area contributed by atoms with E-state index in [9.17, 15) is 9.18 Å². The fraction of sp³-hybridized carbons (Fsp3) is 0.308. The lowest BCUT2D eigenvalue weighted by Crippen LogP contribution is -2.26. The van der Waals surface area contributed by atoms with Crippen molar-refractivity contribution in [3.05, 3.63) is 30.1 Å². The number of carbonyl (C=O) groups is 1. The topological polar surface area (TPSA) is 85.3 Å². The van der Waals surface area contributed by atoms with Gasteiger partial charge in [-0.1, -0.05) is 5.10 Å². The fourth-order valence-electron chi connectivity index (χ4n) is 2.16. The van der Waals surface area contributed by atoms with Gasteiger partial charge in [0.2, 0.25) is 11.8 Å². The van der Waals surface area contributed by atoms with Gasteiger partial charge in [-0.15, -0.1) is 5.10 Å². The zero-order valence-corrected chi connectivity index (χ0v) is 10.6. The van der Waals surface area contributed by atoms with Crippen LogP contribution in [0.25, 0.3) is 11.5 Å². The lowest BCUT2D eigenvalue weighted by Gasteiger charge is -2.09. The largest absolute Gasteiger partial charge is 0.403 e. The first-order valence-corrected chi connectivity index (χ1v) is 6.27. The van der Waals surface area contributed by atoms with Crippen LogP contribution < -0.4 is 10.6 Å². The molecule has 0 aliphatic carbocycles. The molecule has 1 unspecified atom stereocenters. The van der Waals surface area contributed by atoms with E-state index in [0.717, 1.165) is 0 Å².